The van der Waals surface area contributed by atoms with Crippen LogP contribution >= 0.6 is 0 Å². The Morgan fingerprint density at radius 3 is 2.26 bits per heavy atom. The van der Waals surface area contributed by atoms with Crippen molar-refractivity contribution in [2.24, 2.45) is 63.3 Å². The van der Waals surface area contributed by atoms with Crippen LogP contribution in [0.5, 0.6) is 0 Å². The number of aliphatic hydroxyl groups is 3. The molecule has 20 atom stereocenters. The minimum absolute atomic E-state index is 0.0729. The molecule has 3 N–H and O–H groups in total. The highest BCUT2D eigenvalue weighted by Gasteiger charge is 2.72. The average molecular weight is 975 g/mol. The number of aliphatic hydroxyl groups excluding tert-OH is 2. The fourth-order valence-electron chi connectivity index (χ4n) is 14.2. The average Bonchev–Trinajstić information content (AvgIpc) is 3.54. The molecule has 390 valence electrons. The maximum atomic E-state index is 17.7. The van der Waals surface area contributed by atoms with Gasteiger partial charge in [-0.05, 0) is 129 Å². The van der Waals surface area contributed by atoms with Gasteiger partial charge in [0.15, 0.2) is 30.1 Å². The summed E-state index contributed by atoms with van der Waals surface area (Å²) in [6.07, 6.45) is 1.55. The molecule has 2 heterocycles. The topological polar surface area (TPSA) is 200 Å². The van der Waals surface area contributed by atoms with Crippen LogP contribution in [0.4, 0.5) is 4.39 Å². The highest BCUT2D eigenvalue weighted by atomic mass is 19.1. The van der Waals surface area contributed by atoms with E-state index in [1.54, 1.807) is 33.8 Å². The standard InChI is InChI=1S/C53H83FN2O13/c1-15-40-51(10,63)25-29(3)42(30(4)26-52(11,64-14)45(32(6)43(59)33(7)46(61)68-40)69-48-44(60)38(56(12)13)23-31(5)67-48)55-66-21-20-65-47(62)41-28(2)22-37-36-17-16-34-24-35(57)18-19-50(34,9)53(36,54)39(58)27-49(37,41)8/h18-19,24,28-33,36-41,44-45,48,58,60,63H,15-17,20-23,25-27H2,1-14H3/b55-42+/t28-,29+,30+,31+,32-,33+,36?,37?,38-,39-,40-,41+,44+,45+,48-,49-,50-,51-,52+,53-/m0/s1. The summed E-state index contributed by atoms with van der Waals surface area (Å²) in [6, 6.07) is -0.297. The number of likely N-dealkylation sites (N-methyl/N-ethyl adjacent to an activating group) is 1. The highest BCUT2D eigenvalue weighted by molar-refractivity contribution is 6.01. The van der Waals surface area contributed by atoms with Crippen molar-refractivity contribution in [1.29, 1.82) is 0 Å². The van der Waals surface area contributed by atoms with Crippen LogP contribution in [-0.2, 0) is 47.7 Å². The molecule has 5 fully saturated rings. The minimum atomic E-state index is -2.00. The molecule has 6 rings (SSSR count). The molecule has 3 saturated carbocycles. The van der Waals surface area contributed by atoms with E-state index in [0.717, 1.165) is 0 Å². The number of Topliss-reactive ketones (excluding diaryl/α,β-unsaturated/α-hetero) is 1. The van der Waals surface area contributed by atoms with E-state index >= 15 is 4.39 Å². The molecule has 0 bridgehead atoms. The van der Waals surface area contributed by atoms with Crippen molar-refractivity contribution >= 4 is 29.2 Å². The summed E-state index contributed by atoms with van der Waals surface area (Å²) in [7, 11) is 5.26. The minimum Gasteiger partial charge on any atom is -0.462 e. The van der Waals surface area contributed by atoms with Crippen molar-refractivity contribution in [3.05, 3.63) is 23.8 Å². The summed E-state index contributed by atoms with van der Waals surface area (Å²) < 4.78 is 48.7. The predicted molar refractivity (Wildman–Crippen MR) is 255 cm³/mol. The molecule has 0 aromatic heterocycles. The van der Waals surface area contributed by atoms with E-state index in [1.165, 1.54) is 26.2 Å². The zero-order valence-electron chi connectivity index (χ0n) is 43.7. The van der Waals surface area contributed by atoms with Gasteiger partial charge in [-0.25, -0.2) is 4.39 Å². The Hall–Kier alpha value is -3.12. The first-order valence-electron chi connectivity index (χ1n) is 25.5. The van der Waals surface area contributed by atoms with Gasteiger partial charge < -0.3 is 48.7 Å². The van der Waals surface area contributed by atoms with E-state index < -0.39 is 112 Å². The van der Waals surface area contributed by atoms with E-state index in [0.29, 0.717) is 37.0 Å². The molecular formula is C53H83FN2O13. The van der Waals surface area contributed by atoms with Gasteiger partial charge in [0.05, 0.1) is 41.1 Å². The second kappa shape index (κ2) is 20.8. The molecule has 0 aromatic rings. The summed E-state index contributed by atoms with van der Waals surface area (Å²) >= 11 is 0. The Morgan fingerprint density at radius 2 is 1.62 bits per heavy atom. The van der Waals surface area contributed by atoms with Crippen molar-refractivity contribution in [2.75, 3.05) is 34.4 Å². The lowest BCUT2D eigenvalue weighted by Gasteiger charge is -2.61. The van der Waals surface area contributed by atoms with Gasteiger partial charge in [0.1, 0.15) is 24.7 Å². The van der Waals surface area contributed by atoms with Crippen LogP contribution in [-0.4, -0.2) is 144 Å². The molecule has 0 spiro atoms. The van der Waals surface area contributed by atoms with Crippen LogP contribution in [0.2, 0.25) is 0 Å². The number of hydrogen-bond donors (Lipinski definition) is 3. The van der Waals surface area contributed by atoms with Crippen molar-refractivity contribution in [1.82, 2.24) is 4.90 Å². The quantitative estimate of drug-likeness (QED) is 0.0950. The number of carbonyl (C=O) groups is 4. The largest absolute Gasteiger partial charge is 0.462 e. The first-order valence-corrected chi connectivity index (χ1v) is 25.5. The molecule has 2 unspecified atom stereocenters. The zero-order chi connectivity index (χ0) is 51.3. The number of nitrogens with zero attached hydrogens (tertiary/aromatic N) is 2. The van der Waals surface area contributed by atoms with E-state index in [9.17, 15) is 34.5 Å². The fraction of sp³-hybridized carbons (Fsp3) is 0.830. The number of alkyl halides is 1. The molecule has 6 aliphatic rings. The lowest BCUT2D eigenvalue weighted by molar-refractivity contribution is -0.295. The van der Waals surface area contributed by atoms with Crippen LogP contribution < -0.4 is 0 Å². The van der Waals surface area contributed by atoms with E-state index in [-0.39, 0.29) is 68.7 Å². The molecule has 15 nitrogen and oxygen atoms in total. The number of allylic oxidation sites excluding steroid dienone is 4. The van der Waals surface area contributed by atoms with Gasteiger partial charge in [-0.2, -0.15) is 0 Å². The lowest BCUT2D eigenvalue weighted by atomic mass is 9.45. The number of oxime groups is 1. The SMILES string of the molecule is CC[C@@H]1OC(=O)[C@H](C)C(=O)[C@H](C)[C@@H](O[C@@H]2O[C@H](C)C[C@H](N(C)C)[C@H]2O)[C@](C)(OC)C[C@@H](C)/C(=N/OCCOC(=O)[C@H]2[C@@H](C)CC3C4CCC5=CC(=O)C=C[C@]5(C)[C@@]4(F)[C@@H](O)C[C@@]32C)[C@H](C)C[C@]1(C)O. The number of rotatable bonds is 10. The third kappa shape index (κ3) is 10.2. The Labute approximate surface area is 409 Å². The molecule has 69 heavy (non-hydrogen) atoms. The first kappa shape index (κ1) is 55.2. The summed E-state index contributed by atoms with van der Waals surface area (Å²) in [6.45, 7) is 19.6. The Bertz CT molecular complexity index is 2010. The van der Waals surface area contributed by atoms with E-state index in [4.69, 9.17) is 28.5 Å². The number of carbonyl (C=O) groups excluding carboxylic acids is 4. The third-order valence-corrected chi connectivity index (χ3v) is 17.9. The first-order chi connectivity index (χ1) is 32.1. The van der Waals surface area contributed by atoms with Crippen LogP contribution in [0, 0.1) is 58.2 Å². The molecule has 2 aliphatic heterocycles. The number of cyclic esters (lactones) is 1. The van der Waals surface area contributed by atoms with Crippen LogP contribution in [0.3, 0.4) is 0 Å². The summed E-state index contributed by atoms with van der Waals surface area (Å²) in [5.74, 6) is -6.36. The van der Waals surface area contributed by atoms with E-state index in [1.807, 2.05) is 60.5 Å². The van der Waals surface area contributed by atoms with Crippen molar-refractivity contribution < 1.29 is 67.4 Å². The molecule has 4 aliphatic carbocycles. The zero-order valence-corrected chi connectivity index (χ0v) is 43.7. The van der Waals surface area contributed by atoms with Gasteiger partial charge in [0.2, 0.25) is 0 Å². The van der Waals surface area contributed by atoms with E-state index in [2.05, 4.69) is 5.16 Å². The maximum Gasteiger partial charge on any atom is 0.316 e. The van der Waals surface area contributed by atoms with Gasteiger partial charge >= 0.3 is 11.9 Å². The molecule has 0 aromatic carbocycles. The van der Waals surface area contributed by atoms with Gasteiger partial charge in [-0.15, -0.1) is 0 Å². The Kier molecular flexibility index (Phi) is 16.6. The second-order valence-corrected chi connectivity index (χ2v) is 23.0. The van der Waals surface area contributed by atoms with Crippen LogP contribution in [0.1, 0.15) is 128 Å². The number of ketones is 2. The molecule has 0 amide bonds. The maximum absolute atomic E-state index is 17.7. The number of halogens is 1. The summed E-state index contributed by atoms with van der Waals surface area (Å²) in [4.78, 5) is 62.3. The third-order valence-electron chi connectivity index (χ3n) is 17.9. The lowest BCUT2D eigenvalue weighted by Crippen LogP contribution is -2.66. The van der Waals surface area contributed by atoms with Crippen LogP contribution in [0.25, 0.3) is 0 Å². The van der Waals surface area contributed by atoms with Crippen LogP contribution in [0.15, 0.2) is 29.0 Å². The summed E-state index contributed by atoms with van der Waals surface area (Å²) in [5.41, 5.74) is -5.39. The van der Waals surface area contributed by atoms with Gasteiger partial charge in [-0.3, -0.25) is 19.2 Å². The van der Waals surface area contributed by atoms with Crippen molar-refractivity contribution in [3.8, 4) is 0 Å². The Morgan fingerprint density at radius 1 is 0.957 bits per heavy atom. The summed E-state index contributed by atoms with van der Waals surface area (Å²) in [5, 5.41) is 39.9. The second-order valence-electron chi connectivity index (χ2n) is 23.0. The normalized spacial score (nSPS) is 47.1. The number of ether oxygens (including phenoxy) is 5. The molecular weight excluding hydrogens is 892 g/mol. The van der Waals surface area contributed by atoms with Gasteiger partial charge in [0.25, 0.3) is 0 Å². The van der Waals surface area contributed by atoms with Crippen molar-refractivity contribution in [3.63, 3.8) is 0 Å². The molecule has 0 radical (unpaired) electrons. The number of fused-ring (bicyclic) bond motifs is 5. The monoisotopic (exact) mass is 975 g/mol. The van der Waals surface area contributed by atoms with Gasteiger partial charge in [0, 0.05) is 42.2 Å². The van der Waals surface area contributed by atoms with Gasteiger partial charge in [-0.1, -0.05) is 58.3 Å². The number of methoxy groups -OCH3 is 1. The highest BCUT2D eigenvalue weighted by Crippen LogP contribution is 2.70. The molecule has 2 saturated heterocycles. The molecule has 16 heteroatoms. The predicted octanol–water partition coefficient (Wildman–Crippen LogP) is 6.33. The Balaban J connectivity index is 1.22. The number of esters is 2. The van der Waals surface area contributed by atoms with Crippen molar-refractivity contribution in [2.45, 2.75) is 187 Å². The fourth-order valence-corrected chi connectivity index (χ4v) is 14.2. The smallest absolute Gasteiger partial charge is 0.316 e. The number of hydrogen-bond acceptors (Lipinski definition) is 15.